The third-order valence-electron chi connectivity index (χ3n) is 20.2. The number of unbranched alkanes of at least 4 members (excludes halogenated alkanes) is 1. The summed E-state index contributed by atoms with van der Waals surface area (Å²) < 4.78 is 70.1. The maximum absolute atomic E-state index is 14.2. The van der Waals surface area contributed by atoms with Crippen molar-refractivity contribution in [1.29, 1.82) is 0 Å². The fourth-order valence-corrected chi connectivity index (χ4v) is 13.9. The van der Waals surface area contributed by atoms with Crippen LogP contribution in [0.15, 0.2) is 102 Å². The Morgan fingerprint density at radius 1 is 0.667 bits per heavy atom. The number of carbonyl (C=O) groups is 9. The number of phenolic OH excluding ortho intramolecular Hbond substituents is 1. The number of benzene rings is 3. The molecular weight excluding hydrogens is 1520 g/mol. The second-order valence-electron chi connectivity index (χ2n) is 28.3. The second kappa shape index (κ2) is 46.5. The Kier molecular flexibility index (Phi) is 35.3. The third kappa shape index (κ3) is 26.5. The van der Waals surface area contributed by atoms with Crippen LogP contribution in [0.2, 0.25) is 0 Å². The number of aromatic nitrogens is 5. The van der Waals surface area contributed by atoms with Crippen molar-refractivity contribution in [3.05, 3.63) is 147 Å². The summed E-state index contributed by atoms with van der Waals surface area (Å²) in [5.74, 6) is -3.65. The molecule has 35 nitrogen and oxygen atoms in total. The number of cyclic esters (lactones) is 1. The van der Waals surface area contributed by atoms with E-state index in [0.29, 0.717) is 178 Å². The van der Waals surface area contributed by atoms with Gasteiger partial charge >= 0.3 is 12.1 Å². The Bertz CT molecular complexity index is 4380. The molecule has 6 heterocycles. The van der Waals surface area contributed by atoms with Crippen LogP contribution in [-0.4, -0.2) is 239 Å². The van der Waals surface area contributed by atoms with Crippen LogP contribution >= 0.6 is 0 Å². The zero-order valence-corrected chi connectivity index (χ0v) is 66.2. The second-order valence-corrected chi connectivity index (χ2v) is 28.3. The zero-order valence-electron chi connectivity index (χ0n) is 66.2. The number of hydrogen-bond donors (Lipinski definition) is 7. The van der Waals surface area contributed by atoms with E-state index in [1.165, 1.54) is 23.1 Å². The quantitative estimate of drug-likeness (QED) is 0.0161. The van der Waals surface area contributed by atoms with Crippen LogP contribution in [0.25, 0.3) is 22.3 Å². The van der Waals surface area contributed by atoms with Crippen LogP contribution < -0.4 is 37.9 Å². The monoisotopic (exact) mass is 1630 g/mol. The highest BCUT2D eigenvalue weighted by molar-refractivity contribution is 6.13. The largest absolute Gasteiger partial charge is 0.510 e. The minimum Gasteiger partial charge on any atom is -0.508 e. The molecule has 3 aromatic carbocycles. The number of aryl methyl sites for hydroxylation is 1. The van der Waals surface area contributed by atoms with Crippen molar-refractivity contribution in [3.63, 3.8) is 0 Å². The molecule has 7 amide bonds. The average molecular weight is 1630 g/mol. The van der Waals surface area contributed by atoms with Gasteiger partial charge in [0.2, 0.25) is 35.1 Å². The van der Waals surface area contributed by atoms with Crippen LogP contribution in [0.5, 0.6) is 5.75 Å². The van der Waals surface area contributed by atoms with E-state index >= 15 is 0 Å². The zero-order chi connectivity index (χ0) is 82.7. The van der Waals surface area contributed by atoms with Gasteiger partial charge in [-0.05, 0) is 123 Å². The minimum absolute atomic E-state index is 0.0305. The molecule has 6 aromatic rings. The summed E-state index contributed by atoms with van der Waals surface area (Å²) in [6.07, 6.45) is 7.93. The number of nitrogens with two attached hydrogens (primary N) is 1. The van der Waals surface area contributed by atoms with Crippen molar-refractivity contribution in [2.45, 2.75) is 129 Å². The van der Waals surface area contributed by atoms with Gasteiger partial charge in [0, 0.05) is 59.8 Å². The Labute approximate surface area is 676 Å². The number of phenols is 1. The predicted molar refractivity (Wildman–Crippen MR) is 420 cm³/mol. The lowest BCUT2D eigenvalue weighted by Gasteiger charge is -2.35. The number of anilines is 1. The number of fused-ring (bicyclic) bond motifs is 5. The number of nitrogens with zero attached hydrogens (tertiary/aromatic N) is 6. The lowest BCUT2D eigenvalue weighted by Crippen LogP contribution is -2.54. The number of nitrogens with one attached hydrogen (secondary N) is 5. The lowest BCUT2D eigenvalue weighted by molar-refractivity contribution is -0.175. The summed E-state index contributed by atoms with van der Waals surface area (Å²) in [5, 5.41) is 33.3. The maximum Gasteiger partial charge on any atom is 0.510 e. The number of rotatable bonds is 52. The molecule has 35 heteroatoms. The van der Waals surface area contributed by atoms with Gasteiger partial charge in [-0.3, -0.25) is 43.3 Å². The van der Waals surface area contributed by atoms with Crippen molar-refractivity contribution < 1.29 is 105 Å². The van der Waals surface area contributed by atoms with Gasteiger partial charge in [0.15, 0.2) is 0 Å². The Morgan fingerprint density at radius 3 is 1.93 bits per heavy atom. The van der Waals surface area contributed by atoms with E-state index in [1.54, 1.807) is 89.1 Å². The topological polar surface area (TPSA) is 440 Å². The van der Waals surface area contributed by atoms with Crippen LogP contribution in [0, 0.1) is 11.8 Å². The number of imide groups is 1. The van der Waals surface area contributed by atoms with E-state index < -0.39 is 72.2 Å². The molecule has 632 valence electrons. The van der Waals surface area contributed by atoms with Gasteiger partial charge < -0.3 is 98.8 Å². The highest BCUT2D eigenvalue weighted by atomic mass is 16.7. The van der Waals surface area contributed by atoms with E-state index in [-0.39, 0.29) is 112 Å². The Balaban J connectivity index is 0.522. The minimum atomic E-state index is -2.03. The molecule has 3 atom stereocenters. The standard InChI is InChI=1S/C82H106N12O23/c1-3-62-63-45-61(95)21-22-67(63)88-75-64(62)50-93-70(75)46-66-65(79(93)103)52-115-80(104)82(66,4-2)117-81(105)116-51-57-15-19-59(20-16-57)86-77(101)68(12-8-9-25-83)89-78(102)69(44-55-10-6-5-7-11-55)87-72(97)54-114-53-71(96)84-26-28-106-30-32-108-34-36-110-38-40-112-42-43-113-41-39-111-37-35-109-33-31-107-29-27-92-49-60(90-91-92)47-85-76(100)58-17-13-56(14-18-58)48-94-73(98)23-24-74(94)99/h5-7,10-11,15-16,19-24,45-46,49,56,58,68-69,95H,3-4,8-9,12-14,17-18,25-44,47-48,50-54,83H2,1-2H3,(H,84,96)(H,85,100)(H,86,101)(H,87,97)(H,89,102)/t56?,58?,68?,69?,82-/m0/s1. The highest BCUT2D eigenvalue weighted by Crippen LogP contribution is 2.43. The molecule has 3 aromatic heterocycles. The number of ether oxygens (including phenoxy) is 12. The molecule has 8 N–H and O–H groups in total. The number of aromatic hydroxyl groups is 1. The maximum atomic E-state index is 14.2. The summed E-state index contributed by atoms with van der Waals surface area (Å²) in [6.45, 7) is 9.79. The Morgan fingerprint density at radius 2 is 1.30 bits per heavy atom. The third-order valence-corrected chi connectivity index (χ3v) is 20.2. The van der Waals surface area contributed by atoms with Gasteiger partial charge in [-0.1, -0.05) is 61.5 Å². The van der Waals surface area contributed by atoms with Crippen molar-refractivity contribution >= 4 is 70.1 Å². The van der Waals surface area contributed by atoms with Crippen molar-refractivity contribution in [2.75, 3.05) is 144 Å². The summed E-state index contributed by atoms with van der Waals surface area (Å²) in [7, 11) is 0. The molecule has 2 unspecified atom stereocenters. The lowest BCUT2D eigenvalue weighted by atomic mass is 9.81. The van der Waals surface area contributed by atoms with E-state index in [2.05, 4.69) is 36.9 Å². The SMILES string of the molecule is CCc1c2c(nc3ccc(O)cc13)-c1cc3c(c(=O)n1C2)COC(=O)[C@@]3(CC)OC(=O)OCc1ccc(NC(=O)C(CCCCN)NC(=O)C(Cc2ccccc2)NC(=O)COCC(=O)NCCOCCOCCOCCOCCOCCOCCOCCOCCn2cc(CNC(=O)C3CCC(CN4C(=O)C=CC4=O)CC3)nn2)cc1. The molecule has 3 aliphatic heterocycles. The van der Waals surface area contributed by atoms with E-state index in [4.69, 9.17) is 67.6 Å². The molecule has 1 fully saturated rings. The molecule has 10 rings (SSSR count). The van der Waals surface area contributed by atoms with Crippen LogP contribution in [0.1, 0.15) is 104 Å². The normalized spacial score (nSPS) is 16.6. The number of carbonyl (C=O) groups excluding carboxylic acids is 9. The Hall–Kier alpha value is -10.5. The predicted octanol–water partition coefficient (Wildman–Crippen LogP) is 3.89. The smallest absolute Gasteiger partial charge is 0.508 e. The first-order valence-corrected chi connectivity index (χ1v) is 39.8. The molecule has 0 radical (unpaired) electrons. The van der Waals surface area contributed by atoms with Crippen LogP contribution in [0.3, 0.4) is 0 Å². The molecule has 1 saturated carbocycles. The number of hydrogen-bond acceptors (Lipinski definition) is 27. The van der Waals surface area contributed by atoms with Crippen LogP contribution in [0.4, 0.5) is 10.5 Å². The first kappa shape index (κ1) is 88.9. The fraction of sp³-hybridized carbons (Fsp3) is 0.524. The molecular formula is C82H106N12O23. The van der Waals surface area contributed by atoms with Crippen molar-refractivity contribution in [3.8, 4) is 17.1 Å². The first-order chi connectivity index (χ1) is 56.9. The molecule has 0 saturated heterocycles. The molecule has 4 aliphatic rings. The van der Waals surface area contributed by atoms with Gasteiger partial charge in [-0.2, -0.15) is 0 Å². The summed E-state index contributed by atoms with van der Waals surface area (Å²) in [6, 6.07) is 19.6. The first-order valence-electron chi connectivity index (χ1n) is 39.8. The fourth-order valence-electron chi connectivity index (χ4n) is 13.9. The molecule has 1 aliphatic carbocycles. The number of amides is 7. The van der Waals surface area contributed by atoms with Crippen LogP contribution in [-0.2, 0) is 146 Å². The average Bonchev–Trinajstić information content (AvgIpc) is 1.59. The van der Waals surface area contributed by atoms with Crippen molar-refractivity contribution in [2.24, 2.45) is 17.6 Å². The molecule has 0 bridgehead atoms. The van der Waals surface area contributed by atoms with Gasteiger partial charge in [0.1, 0.15) is 50.0 Å². The van der Waals surface area contributed by atoms with Crippen molar-refractivity contribution in [1.82, 2.24) is 50.7 Å². The number of pyridine rings is 2. The summed E-state index contributed by atoms with van der Waals surface area (Å²) in [4.78, 5) is 138. The summed E-state index contributed by atoms with van der Waals surface area (Å²) in [5.41, 5.74) is 9.19. The molecule has 0 spiro atoms. The highest BCUT2D eigenvalue weighted by Gasteiger charge is 2.51. The number of esters is 1. The summed E-state index contributed by atoms with van der Waals surface area (Å²) >= 11 is 0. The van der Waals surface area contributed by atoms with E-state index in [9.17, 15) is 53.1 Å². The van der Waals surface area contributed by atoms with Gasteiger partial charge in [0.05, 0.1) is 154 Å². The van der Waals surface area contributed by atoms with Gasteiger partial charge in [-0.25, -0.2) is 19.3 Å². The van der Waals surface area contributed by atoms with E-state index in [1.807, 2.05) is 13.0 Å². The van der Waals surface area contributed by atoms with Gasteiger partial charge in [-0.15, -0.1) is 5.10 Å². The van der Waals surface area contributed by atoms with Gasteiger partial charge in [0.25, 0.3) is 17.4 Å². The molecule has 117 heavy (non-hydrogen) atoms. The van der Waals surface area contributed by atoms with E-state index in [0.717, 1.165) is 34.9 Å².